The van der Waals surface area contributed by atoms with Gasteiger partial charge in [-0.25, -0.2) is 4.79 Å². The third-order valence-electron chi connectivity index (χ3n) is 4.96. The van der Waals surface area contributed by atoms with Crippen LogP contribution in [0.1, 0.15) is 28.5 Å². The van der Waals surface area contributed by atoms with Crippen molar-refractivity contribution in [2.45, 2.75) is 20.0 Å². The Bertz CT molecular complexity index is 1100. The van der Waals surface area contributed by atoms with Crippen LogP contribution in [0.5, 0.6) is 0 Å². The number of nitro benzene ring substituents is 1. The van der Waals surface area contributed by atoms with Gasteiger partial charge in [0.05, 0.1) is 22.6 Å². The second kappa shape index (κ2) is 9.28. The molecule has 1 aromatic carbocycles. The summed E-state index contributed by atoms with van der Waals surface area (Å²) in [5.74, 6) is -0.361. The summed E-state index contributed by atoms with van der Waals surface area (Å²) in [6.07, 6.45) is 1.82. The van der Waals surface area contributed by atoms with Crippen LogP contribution >= 0.6 is 0 Å². The van der Waals surface area contributed by atoms with Gasteiger partial charge in [0, 0.05) is 42.7 Å². The van der Waals surface area contributed by atoms with E-state index in [4.69, 9.17) is 4.74 Å². The van der Waals surface area contributed by atoms with Crippen molar-refractivity contribution < 1.29 is 14.5 Å². The molecule has 3 rings (SSSR count). The molecule has 0 fully saturated rings. The van der Waals surface area contributed by atoms with Crippen molar-refractivity contribution in [2.24, 2.45) is 0 Å². The van der Waals surface area contributed by atoms with E-state index >= 15 is 0 Å². The van der Waals surface area contributed by atoms with Gasteiger partial charge in [-0.1, -0.05) is 0 Å². The van der Waals surface area contributed by atoms with E-state index in [1.165, 1.54) is 12.1 Å². The van der Waals surface area contributed by atoms with Crippen LogP contribution in [0.4, 0.5) is 5.69 Å². The molecule has 0 spiro atoms. The van der Waals surface area contributed by atoms with Gasteiger partial charge >= 0.3 is 5.97 Å². The highest BCUT2D eigenvalue weighted by atomic mass is 16.6. The third-order valence-corrected chi connectivity index (χ3v) is 4.96. The number of fused-ring (bicyclic) bond motifs is 1. The zero-order chi connectivity index (χ0) is 22.7. The Morgan fingerprint density at radius 2 is 1.68 bits per heavy atom. The molecule has 0 N–H and O–H groups in total. The molecule has 164 valence electrons. The van der Waals surface area contributed by atoms with Gasteiger partial charge in [0.2, 0.25) is 0 Å². The minimum absolute atomic E-state index is 0.0560. The lowest BCUT2D eigenvalue weighted by Gasteiger charge is -2.15. The predicted molar refractivity (Wildman–Crippen MR) is 120 cm³/mol. The van der Waals surface area contributed by atoms with Crippen LogP contribution in [0.25, 0.3) is 16.6 Å². The highest BCUT2D eigenvalue weighted by molar-refractivity contribution is 5.90. The Kier molecular flexibility index (Phi) is 6.72. The summed E-state index contributed by atoms with van der Waals surface area (Å²) in [4.78, 5) is 27.2. The summed E-state index contributed by atoms with van der Waals surface area (Å²) in [5, 5.41) is 11.1. The second-order valence-electron chi connectivity index (χ2n) is 7.97. The van der Waals surface area contributed by atoms with Crippen molar-refractivity contribution in [2.75, 3.05) is 34.8 Å². The molecule has 0 aliphatic carbocycles. The first-order valence-electron chi connectivity index (χ1n) is 10.1. The number of esters is 1. The Morgan fingerprint density at radius 3 is 2.23 bits per heavy atom. The standard InChI is InChI=1S/C23H28N4O4/c1-6-31-23(28)17-9-12-20-19(14-24(2)3)22(21(15-25(4)5)26(20)13-17)16-7-10-18(11-8-16)27(29)30/h7-13H,6,14-15H2,1-5H3. The van der Waals surface area contributed by atoms with Crippen LogP contribution in [0.15, 0.2) is 42.6 Å². The number of nitrogens with zero attached hydrogens (tertiary/aromatic N) is 4. The molecule has 0 bridgehead atoms. The first-order chi connectivity index (χ1) is 14.7. The van der Waals surface area contributed by atoms with Gasteiger partial charge in [-0.2, -0.15) is 0 Å². The number of benzene rings is 1. The maximum atomic E-state index is 12.3. The Balaban J connectivity index is 2.30. The second-order valence-corrected chi connectivity index (χ2v) is 7.97. The largest absolute Gasteiger partial charge is 0.462 e. The summed E-state index contributed by atoms with van der Waals surface area (Å²) >= 11 is 0. The van der Waals surface area contributed by atoms with E-state index in [-0.39, 0.29) is 11.7 Å². The lowest BCUT2D eigenvalue weighted by Crippen LogP contribution is -2.14. The van der Waals surface area contributed by atoms with Crippen molar-refractivity contribution >= 4 is 17.2 Å². The highest BCUT2D eigenvalue weighted by Gasteiger charge is 2.22. The molecule has 2 aromatic heterocycles. The van der Waals surface area contributed by atoms with E-state index in [0.717, 1.165) is 27.9 Å². The molecule has 0 radical (unpaired) electrons. The van der Waals surface area contributed by atoms with Crippen molar-refractivity contribution in [3.63, 3.8) is 0 Å². The third kappa shape index (κ3) is 4.76. The molecule has 8 nitrogen and oxygen atoms in total. The highest BCUT2D eigenvalue weighted by Crippen LogP contribution is 2.36. The van der Waals surface area contributed by atoms with Crippen LogP contribution < -0.4 is 0 Å². The quantitative estimate of drug-likeness (QED) is 0.311. The summed E-state index contributed by atoms with van der Waals surface area (Å²) in [6.45, 7) is 3.41. The maximum Gasteiger partial charge on any atom is 0.339 e. The van der Waals surface area contributed by atoms with Gasteiger partial charge in [0.25, 0.3) is 5.69 Å². The smallest absolute Gasteiger partial charge is 0.339 e. The lowest BCUT2D eigenvalue weighted by atomic mass is 9.99. The minimum atomic E-state index is -0.396. The number of pyridine rings is 1. The molecule has 0 aliphatic rings. The van der Waals surface area contributed by atoms with Crippen LogP contribution in [0, 0.1) is 10.1 Å². The molecule has 0 amide bonds. The molecular weight excluding hydrogens is 396 g/mol. The number of nitro groups is 1. The number of ether oxygens (including phenoxy) is 1. The van der Waals surface area contributed by atoms with E-state index in [9.17, 15) is 14.9 Å². The normalized spacial score (nSPS) is 11.5. The monoisotopic (exact) mass is 424 g/mol. The van der Waals surface area contributed by atoms with E-state index in [0.29, 0.717) is 25.3 Å². The van der Waals surface area contributed by atoms with Gasteiger partial charge in [-0.3, -0.25) is 10.1 Å². The van der Waals surface area contributed by atoms with Crippen LogP contribution in [0.3, 0.4) is 0 Å². The molecule has 31 heavy (non-hydrogen) atoms. The zero-order valence-corrected chi connectivity index (χ0v) is 18.6. The Labute approximate surface area is 181 Å². The first-order valence-corrected chi connectivity index (χ1v) is 10.1. The molecule has 0 saturated carbocycles. The van der Waals surface area contributed by atoms with E-state index in [1.54, 1.807) is 25.1 Å². The van der Waals surface area contributed by atoms with Crippen LogP contribution in [-0.4, -0.2) is 59.9 Å². The van der Waals surface area contributed by atoms with Crippen LogP contribution in [-0.2, 0) is 17.8 Å². The number of hydrogen-bond acceptors (Lipinski definition) is 6. The van der Waals surface area contributed by atoms with Gasteiger partial charge in [0.15, 0.2) is 0 Å². The zero-order valence-electron chi connectivity index (χ0n) is 18.6. The molecule has 0 saturated heterocycles. The molecule has 3 aromatic rings. The average molecular weight is 425 g/mol. The minimum Gasteiger partial charge on any atom is -0.462 e. The molecule has 8 heteroatoms. The van der Waals surface area contributed by atoms with E-state index in [1.807, 2.05) is 44.9 Å². The number of non-ortho nitro benzene ring substituents is 1. The first kappa shape index (κ1) is 22.5. The van der Waals surface area contributed by atoms with E-state index in [2.05, 4.69) is 9.80 Å². The molecular formula is C23H28N4O4. The SMILES string of the molecule is CCOC(=O)c1ccc2c(CN(C)C)c(-c3ccc([N+](=O)[O-])cc3)c(CN(C)C)n2c1. The fourth-order valence-electron chi connectivity index (χ4n) is 3.75. The van der Waals surface area contributed by atoms with Gasteiger partial charge in [0.1, 0.15) is 0 Å². The van der Waals surface area contributed by atoms with Gasteiger partial charge in [-0.05, 0) is 70.5 Å². The summed E-state index contributed by atoms with van der Waals surface area (Å²) < 4.78 is 7.23. The topological polar surface area (TPSA) is 80.3 Å². The number of aromatic nitrogens is 1. The molecule has 0 aliphatic heterocycles. The molecule has 2 heterocycles. The number of carbonyl (C=O) groups is 1. The lowest BCUT2D eigenvalue weighted by molar-refractivity contribution is -0.384. The van der Waals surface area contributed by atoms with Crippen molar-refractivity contribution in [3.05, 3.63) is 69.5 Å². The van der Waals surface area contributed by atoms with E-state index < -0.39 is 4.92 Å². The van der Waals surface area contributed by atoms with Gasteiger partial charge < -0.3 is 18.9 Å². The maximum absolute atomic E-state index is 12.3. The Hall–Kier alpha value is -3.23. The number of hydrogen-bond donors (Lipinski definition) is 0. The number of rotatable bonds is 8. The van der Waals surface area contributed by atoms with Crippen LogP contribution in [0.2, 0.25) is 0 Å². The van der Waals surface area contributed by atoms with Crippen molar-refractivity contribution in [3.8, 4) is 11.1 Å². The van der Waals surface area contributed by atoms with Gasteiger partial charge in [-0.15, -0.1) is 0 Å². The average Bonchev–Trinajstić information content (AvgIpc) is 2.99. The Morgan fingerprint density at radius 1 is 1.03 bits per heavy atom. The summed E-state index contributed by atoms with van der Waals surface area (Å²) in [6, 6.07) is 10.4. The van der Waals surface area contributed by atoms with Crippen molar-refractivity contribution in [1.29, 1.82) is 0 Å². The molecule has 0 unspecified atom stereocenters. The predicted octanol–water partition coefficient (Wildman–Crippen LogP) is 3.81. The number of carbonyl (C=O) groups excluding carboxylic acids is 1. The summed E-state index contributed by atoms with van der Waals surface area (Å²) in [5.41, 5.74) is 5.57. The van der Waals surface area contributed by atoms with Crippen molar-refractivity contribution in [1.82, 2.24) is 14.2 Å². The fraction of sp³-hybridized carbons (Fsp3) is 0.348. The molecule has 0 atom stereocenters. The summed E-state index contributed by atoms with van der Waals surface area (Å²) in [7, 11) is 7.98. The fourth-order valence-corrected chi connectivity index (χ4v) is 3.75.